The first-order valence-corrected chi connectivity index (χ1v) is 5.02. The lowest BCUT2D eigenvalue weighted by atomic mass is 10.2. The van der Waals surface area contributed by atoms with Crippen molar-refractivity contribution < 1.29 is 4.52 Å². The lowest BCUT2D eigenvalue weighted by Gasteiger charge is -1.91. The zero-order valence-electron chi connectivity index (χ0n) is 8.63. The summed E-state index contributed by atoms with van der Waals surface area (Å²) in [4.78, 5) is 8.10. The molecule has 2 aromatic rings. The van der Waals surface area contributed by atoms with Gasteiger partial charge in [-0.25, -0.2) is 9.67 Å². The molecule has 0 atom stereocenters. The van der Waals surface area contributed by atoms with Gasteiger partial charge in [-0.2, -0.15) is 10.1 Å². The van der Waals surface area contributed by atoms with E-state index in [-0.39, 0.29) is 0 Å². The van der Waals surface area contributed by atoms with Crippen LogP contribution in [0, 0.1) is 0 Å². The monoisotopic (exact) mass is 207 g/mol. The molecule has 6 heteroatoms. The van der Waals surface area contributed by atoms with Crippen LogP contribution in [-0.2, 0) is 13.0 Å². The Hall–Kier alpha value is -1.72. The third-order valence-corrected chi connectivity index (χ3v) is 2.02. The Labute approximate surface area is 87.3 Å². The topological polar surface area (TPSA) is 69.6 Å². The van der Waals surface area contributed by atoms with Gasteiger partial charge in [-0.1, -0.05) is 18.5 Å². The predicted octanol–water partition coefficient (Wildman–Crippen LogP) is 1.05. The average molecular weight is 207 g/mol. The van der Waals surface area contributed by atoms with Crippen molar-refractivity contribution in [2.45, 2.75) is 32.7 Å². The Bertz CT molecular complexity index is 394. The van der Waals surface area contributed by atoms with Crippen molar-refractivity contribution in [3.05, 3.63) is 24.4 Å². The van der Waals surface area contributed by atoms with Gasteiger partial charge in [-0.15, -0.1) is 0 Å². The zero-order chi connectivity index (χ0) is 10.5. The number of nitrogens with zero attached hydrogens (tertiary/aromatic N) is 5. The van der Waals surface area contributed by atoms with Crippen LogP contribution in [0.5, 0.6) is 0 Å². The fraction of sp³-hybridized carbons (Fsp3) is 0.556. The van der Waals surface area contributed by atoms with Gasteiger partial charge in [-0.3, -0.25) is 0 Å². The molecule has 0 unspecified atom stereocenters. The summed E-state index contributed by atoms with van der Waals surface area (Å²) in [6.07, 6.45) is 6.16. The van der Waals surface area contributed by atoms with Crippen LogP contribution in [0.3, 0.4) is 0 Å². The molecular formula is C9H13N5O. The van der Waals surface area contributed by atoms with Crippen molar-refractivity contribution in [3.63, 3.8) is 0 Å². The Morgan fingerprint density at radius 3 is 3.13 bits per heavy atom. The highest BCUT2D eigenvalue weighted by molar-refractivity contribution is 4.86. The van der Waals surface area contributed by atoms with E-state index in [1.54, 1.807) is 11.0 Å². The second-order valence-electron chi connectivity index (χ2n) is 3.30. The van der Waals surface area contributed by atoms with Crippen LogP contribution in [0.2, 0.25) is 0 Å². The van der Waals surface area contributed by atoms with E-state index in [1.165, 1.54) is 6.33 Å². The molecular weight excluding hydrogens is 194 g/mol. The number of aryl methyl sites for hydroxylation is 1. The van der Waals surface area contributed by atoms with E-state index < -0.39 is 0 Å². The van der Waals surface area contributed by atoms with Crippen molar-refractivity contribution >= 4 is 0 Å². The number of hydrogen-bond donors (Lipinski definition) is 0. The van der Waals surface area contributed by atoms with Gasteiger partial charge in [0.15, 0.2) is 5.82 Å². The van der Waals surface area contributed by atoms with Crippen molar-refractivity contribution in [2.24, 2.45) is 0 Å². The quantitative estimate of drug-likeness (QED) is 0.733. The van der Waals surface area contributed by atoms with Crippen molar-refractivity contribution in [1.82, 2.24) is 24.9 Å². The summed E-state index contributed by atoms with van der Waals surface area (Å²) < 4.78 is 6.75. The van der Waals surface area contributed by atoms with Gasteiger partial charge in [0.25, 0.3) is 0 Å². The van der Waals surface area contributed by atoms with Gasteiger partial charge in [0, 0.05) is 6.42 Å². The molecule has 0 aliphatic carbocycles. The normalized spacial score (nSPS) is 10.7. The van der Waals surface area contributed by atoms with Crippen LogP contribution < -0.4 is 0 Å². The molecule has 6 nitrogen and oxygen atoms in total. The van der Waals surface area contributed by atoms with E-state index in [2.05, 4.69) is 27.1 Å². The summed E-state index contributed by atoms with van der Waals surface area (Å²) in [5.74, 6) is 1.35. The SMILES string of the molecule is CCCCc1nc(Cn2cncn2)no1. The number of rotatable bonds is 5. The van der Waals surface area contributed by atoms with E-state index in [0.717, 1.165) is 19.3 Å². The maximum absolute atomic E-state index is 5.09. The highest BCUT2D eigenvalue weighted by Crippen LogP contribution is 2.03. The molecule has 0 amide bonds. The first-order chi connectivity index (χ1) is 7.38. The Kier molecular flexibility index (Phi) is 3.06. The summed E-state index contributed by atoms with van der Waals surface area (Å²) >= 11 is 0. The first kappa shape index (κ1) is 9.82. The Morgan fingerprint density at radius 1 is 1.47 bits per heavy atom. The standard InChI is InChI=1S/C9H13N5O/c1-2-3-4-9-12-8(13-15-9)5-14-7-10-6-11-14/h6-7H,2-5H2,1H3. The van der Waals surface area contributed by atoms with Crippen LogP contribution in [0.15, 0.2) is 17.2 Å². The molecule has 0 fully saturated rings. The Balaban J connectivity index is 1.95. The second-order valence-corrected chi connectivity index (χ2v) is 3.30. The largest absolute Gasteiger partial charge is 0.339 e. The third-order valence-electron chi connectivity index (χ3n) is 2.02. The minimum absolute atomic E-state index is 0.510. The molecule has 0 spiro atoms. The molecule has 0 saturated carbocycles. The van der Waals surface area contributed by atoms with Crippen molar-refractivity contribution in [3.8, 4) is 0 Å². The van der Waals surface area contributed by atoms with Gasteiger partial charge >= 0.3 is 0 Å². The summed E-state index contributed by atoms with van der Waals surface area (Å²) in [5, 5.41) is 7.84. The summed E-state index contributed by atoms with van der Waals surface area (Å²) in [7, 11) is 0. The average Bonchev–Trinajstić information content (AvgIpc) is 2.87. The minimum Gasteiger partial charge on any atom is -0.339 e. The molecule has 2 aromatic heterocycles. The van der Waals surface area contributed by atoms with Crippen LogP contribution in [-0.4, -0.2) is 24.9 Å². The fourth-order valence-electron chi connectivity index (χ4n) is 1.24. The fourth-order valence-corrected chi connectivity index (χ4v) is 1.24. The molecule has 0 N–H and O–H groups in total. The van der Waals surface area contributed by atoms with Crippen molar-refractivity contribution in [2.75, 3.05) is 0 Å². The minimum atomic E-state index is 0.510. The van der Waals surface area contributed by atoms with Gasteiger partial charge in [-0.05, 0) is 6.42 Å². The lowest BCUT2D eigenvalue weighted by molar-refractivity contribution is 0.368. The Morgan fingerprint density at radius 2 is 2.40 bits per heavy atom. The van der Waals surface area contributed by atoms with Crippen molar-refractivity contribution in [1.29, 1.82) is 0 Å². The number of hydrogen-bond acceptors (Lipinski definition) is 5. The van der Waals surface area contributed by atoms with Gasteiger partial charge in [0.2, 0.25) is 5.89 Å². The third kappa shape index (κ3) is 2.61. The van der Waals surface area contributed by atoms with Gasteiger partial charge in [0.1, 0.15) is 19.2 Å². The van der Waals surface area contributed by atoms with Gasteiger partial charge < -0.3 is 4.52 Å². The highest BCUT2D eigenvalue weighted by Gasteiger charge is 2.06. The van der Waals surface area contributed by atoms with E-state index in [4.69, 9.17) is 4.52 Å². The number of unbranched alkanes of at least 4 members (excludes halogenated alkanes) is 1. The van der Waals surface area contributed by atoms with Gasteiger partial charge in [0.05, 0.1) is 0 Å². The molecule has 80 valence electrons. The molecule has 0 aliphatic heterocycles. The summed E-state index contributed by atoms with van der Waals surface area (Å²) in [5.41, 5.74) is 0. The molecule has 0 aliphatic rings. The van der Waals surface area contributed by atoms with Crippen LogP contribution in [0.4, 0.5) is 0 Å². The maximum atomic E-state index is 5.09. The van der Waals surface area contributed by atoms with E-state index in [9.17, 15) is 0 Å². The lowest BCUT2D eigenvalue weighted by Crippen LogP contribution is -2.01. The van der Waals surface area contributed by atoms with E-state index in [0.29, 0.717) is 18.3 Å². The molecule has 2 heterocycles. The zero-order valence-corrected chi connectivity index (χ0v) is 8.63. The molecule has 0 bridgehead atoms. The second kappa shape index (κ2) is 4.68. The first-order valence-electron chi connectivity index (χ1n) is 5.02. The molecule has 2 rings (SSSR count). The predicted molar refractivity (Wildman–Crippen MR) is 52.0 cm³/mol. The molecule has 0 aromatic carbocycles. The number of aromatic nitrogens is 5. The highest BCUT2D eigenvalue weighted by atomic mass is 16.5. The summed E-state index contributed by atoms with van der Waals surface area (Å²) in [6.45, 7) is 2.64. The molecule has 0 radical (unpaired) electrons. The molecule has 0 saturated heterocycles. The smallest absolute Gasteiger partial charge is 0.226 e. The summed E-state index contributed by atoms with van der Waals surface area (Å²) in [6, 6.07) is 0. The van der Waals surface area contributed by atoms with Crippen LogP contribution >= 0.6 is 0 Å². The van der Waals surface area contributed by atoms with Crippen LogP contribution in [0.25, 0.3) is 0 Å². The molecule has 15 heavy (non-hydrogen) atoms. The van der Waals surface area contributed by atoms with Crippen LogP contribution in [0.1, 0.15) is 31.5 Å². The van der Waals surface area contributed by atoms with E-state index in [1.807, 2.05) is 0 Å². The maximum Gasteiger partial charge on any atom is 0.226 e. The van der Waals surface area contributed by atoms with E-state index >= 15 is 0 Å².